The fourth-order valence-electron chi connectivity index (χ4n) is 3.07. The number of benzene rings is 1. The van der Waals surface area contributed by atoms with Gasteiger partial charge in [0.05, 0.1) is 13.2 Å². The Labute approximate surface area is 184 Å². The highest BCUT2D eigenvalue weighted by Crippen LogP contribution is 2.22. The van der Waals surface area contributed by atoms with E-state index in [1.54, 1.807) is 24.3 Å². The van der Waals surface area contributed by atoms with Crippen molar-refractivity contribution in [2.75, 3.05) is 20.3 Å². The van der Waals surface area contributed by atoms with Crippen molar-refractivity contribution in [2.45, 2.75) is 50.2 Å². The van der Waals surface area contributed by atoms with E-state index in [9.17, 15) is 29.7 Å². The molecule has 0 bridgehead atoms. The lowest BCUT2D eigenvalue weighted by Crippen LogP contribution is -2.65. The molecule has 0 unspecified atom stereocenters. The van der Waals surface area contributed by atoms with E-state index < -0.39 is 67.8 Å². The fraction of sp³-hybridized carbons (Fsp3) is 0.550. The fourth-order valence-corrected chi connectivity index (χ4v) is 3.07. The highest BCUT2D eigenvalue weighted by Gasteiger charge is 2.45. The molecule has 12 nitrogen and oxygen atoms in total. The smallest absolute Gasteiger partial charge is 0.408 e. The van der Waals surface area contributed by atoms with Crippen LogP contribution in [0.2, 0.25) is 0 Å². The maximum absolute atomic E-state index is 12.2. The molecule has 178 valence electrons. The second-order valence-electron chi connectivity index (χ2n) is 7.14. The van der Waals surface area contributed by atoms with Crippen molar-refractivity contribution < 1.29 is 43.9 Å². The lowest BCUT2D eigenvalue weighted by Gasteiger charge is -2.42. The van der Waals surface area contributed by atoms with Crippen molar-refractivity contribution in [2.24, 2.45) is 0 Å². The Morgan fingerprint density at radius 1 is 1.16 bits per heavy atom. The summed E-state index contributed by atoms with van der Waals surface area (Å²) in [5, 5.41) is 36.9. The number of nitrogens with one attached hydrogen (secondary N) is 3. The summed E-state index contributed by atoms with van der Waals surface area (Å²) in [6.45, 7) is 0.161. The summed E-state index contributed by atoms with van der Waals surface area (Å²) in [4.78, 5) is 35.8. The van der Waals surface area contributed by atoms with Crippen LogP contribution < -0.4 is 16.0 Å². The number of aliphatic hydroxyl groups excluding tert-OH is 3. The number of hydrogen-bond acceptors (Lipinski definition) is 9. The molecule has 1 fully saturated rings. The van der Waals surface area contributed by atoms with Gasteiger partial charge >= 0.3 is 6.09 Å². The number of rotatable bonds is 9. The normalized spacial score (nSPS) is 26.0. The number of likely N-dealkylation sites (N-methyl/N-ethyl adjacent to an activating group) is 1. The Morgan fingerprint density at radius 3 is 2.44 bits per heavy atom. The molecule has 0 radical (unpaired) electrons. The predicted molar refractivity (Wildman–Crippen MR) is 109 cm³/mol. The van der Waals surface area contributed by atoms with Crippen LogP contribution in [0.4, 0.5) is 4.79 Å². The highest BCUT2D eigenvalue weighted by atomic mass is 16.7. The summed E-state index contributed by atoms with van der Waals surface area (Å²) >= 11 is 0. The number of carbonyl (C=O) groups excluding carboxylic acids is 3. The summed E-state index contributed by atoms with van der Waals surface area (Å²) in [5.74, 6) is -1.11. The second kappa shape index (κ2) is 12.3. The lowest BCUT2D eigenvalue weighted by molar-refractivity contribution is -0.270. The van der Waals surface area contributed by atoms with Gasteiger partial charge in [-0.1, -0.05) is 30.3 Å². The van der Waals surface area contributed by atoms with Crippen molar-refractivity contribution in [1.82, 2.24) is 16.0 Å². The van der Waals surface area contributed by atoms with Crippen LogP contribution in [-0.4, -0.2) is 90.2 Å². The molecule has 1 aromatic carbocycles. The van der Waals surface area contributed by atoms with E-state index in [-0.39, 0.29) is 6.61 Å². The van der Waals surface area contributed by atoms with Crippen molar-refractivity contribution >= 4 is 17.9 Å². The maximum Gasteiger partial charge on any atom is 0.408 e. The van der Waals surface area contributed by atoms with Crippen molar-refractivity contribution in [3.63, 3.8) is 0 Å². The Bertz CT molecular complexity index is 764. The van der Waals surface area contributed by atoms with Crippen molar-refractivity contribution in [1.29, 1.82) is 0 Å². The topological polar surface area (TPSA) is 176 Å². The summed E-state index contributed by atoms with van der Waals surface area (Å²) in [5.41, 5.74) is 0.756. The third kappa shape index (κ3) is 7.14. The molecule has 3 amide bonds. The molecule has 1 aliphatic heterocycles. The van der Waals surface area contributed by atoms with Crippen LogP contribution >= 0.6 is 0 Å². The van der Waals surface area contributed by atoms with E-state index >= 15 is 0 Å². The molecule has 0 aliphatic carbocycles. The standard InChI is InChI=1S/C20H29N3O9/c1-11(25)22-15-17(27)16(26)14(8-24)32-19(15)30-10-13(18(28)21-2)23-20(29)31-9-12-6-4-3-5-7-12/h3-7,13-17,19,24,26-27H,8-10H2,1-2H3,(H,21,28)(H,22,25)(H,23,29)/t13-,14+,15+,16-,17+,19+/m0/s1. The molecular weight excluding hydrogens is 426 g/mol. The molecule has 6 atom stereocenters. The van der Waals surface area contributed by atoms with E-state index in [4.69, 9.17) is 14.2 Å². The largest absolute Gasteiger partial charge is 0.445 e. The van der Waals surface area contributed by atoms with Gasteiger partial charge in [-0.25, -0.2) is 4.79 Å². The van der Waals surface area contributed by atoms with Gasteiger partial charge in [0, 0.05) is 14.0 Å². The first-order chi connectivity index (χ1) is 15.3. The molecule has 0 aromatic heterocycles. The van der Waals surface area contributed by atoms with Crippen molar-refractivity contribution in [3.05, 3.63) is 35.9 Å². The molecular formula is C20H29N3O9. The zero-order chi connectivity index (χ0) is 23.7. The van der Waals surface area contributed by atoms with Crippen LogP contribution in [0.5, 0.6) is 0 Å². The summed E-state index contributed by atoms with van der Waals surface area (Å²) < 4.78 is 16.1. The number of ether oxygens (including phenoxy) is 3. The summed E-state index contributed by atoms with van der Waals surface area (Å²) in [6.07, 6.45) is -6.33. The third-order valence-electron chi connectivity index (χ3n) is 4.75. The van der Waals surface area contributed by atoms with Gasteiger partial charge in [0.2, 0.25) is 11.8 Å². The molecule has 1 heterocycles. The summed E-state index contributed by atoms with van der Waals surface area (Å²) in [7, 11) is 1.37. The van der Waals surface area contributed by atoms with Gasteiger partial charge in [0.1, 0.15) is 37.0 Å². The Morgan fingerprint density at radius 2 is 1.84 bits per heavy atom. The van der Waals surface area contributed by atoms with Gasteiger partial charge < -0.3 is 45.5 Å². The minimum atomic E-state index is -1.50. The van der Waals surface area contributed by atoms with E-state index in [0.29, 0.717) is 0 Å². The van der Waals surface area contributed by atoms with Gasteiger partial charge in [0.15, 0.2) is 6.29 Å². The Balaban J connectivity index is 2.01. The number of amides is 3. The minimum Gasteiger partial charge on any atom is -0.445 e. The first-order valence-corrected chi connectivity index (χ1v) is 9.96. The molecule has 6 N–H and O–H groups in total. The van der Waals surface area contributed by atoms with Gasteiger partial charge in [0.25, 0.3) is 0 Å². The molecule has 32 heavy (non-hydrogen) atoms. The van der Waals surface area contributed by atoms with Crippen LogP contribution in [0.15, 0.2) is 30.3 Å². The predicted octanol–water partition coefficient (Wildman–Crippen LogP) is -2.01. The maximum atomic E-state index is 12.2. The van der Waals surface area contributed by atoms with E-state index in [2.05, 4.69) is 16.0 Å². The average molecular weight is 455 g/mol. The Kier molecular flexibility index (Phi) is 9.81. The molecule has 2 rings (SSSR count). The molecule has 1 aliphatic rings. The first-order valence-electron chi connectivity index (χ1n) is 9.96. The first kappa shape index (κ1) is 25.5. The molecule has 0 saturated carbocycles. The Hall–Kier alpha value is -2.77. The van der Waals surface area contributed by atoms with Crippen LogP contribution in [-0.2, 0) is 30.4 Å². The van der Waals surface area contributed by atoms with Gasteiger partial charge in [-0.05, 0) is 5.56 Å². The van der Waals surface area contributed by atoms with E-state index in [1.165, 1.54) is 14.0 Å². The number of carbonyl (C=O) groups is 3. The quantitative estimate of drug-likeness (QED) is 0.246. The third-order valence-corrected chi connectivity index (χ3v) is 4.75. The van der Waals surface area contributed by atoms with Crippen LogP contribution in [0.25, 0.3) is 0 Å². The van der Waals surface area contributed by atoms with Gasteiger partial charge in [-0.15, -0.1) is 0 Å². The number of aliphatic hydroxyl groups is 3. The number of alkyl carbamates (subject to hydrolysis) is 1. The van der Waals surface area contributed by atoms with E-state index in [0.717, 1.165) is 5.56 Å². The average Bonchev–Trinajstić information content (AvgIpc) is 2.79. The SMILES string of the molecule is CNC(=O)[C@H](CO[C@@H]1O[C@H](CO)[C@H](O)[C@H](O)[C@H]1NC(C)=O)NC(=O)OCc1ccccc1. The van der Waals surface area contributed by atoms with Crippen LogP contribution in [0, 0.1) is 0 Å². The van der Waals surface area contributed by atoms with Gasteiger partial charge in [-0.2, -0.15) is 0 Å². The molecule has 0 spiro atoms. The van der Waals surface area contributed by atoms with Gasteiger partial charge in [-0.3, -0.25) is 9.59 Å². The van der Waals surface area contributed by atoms with Crippen LogP contribution in [0.3, 0.4) is 0 Å². The van der Waals surface area contributed by atoms with E-state index in [1.807, 2.05) is 6.07 Å². The zero-order valence-electron chi connectivity index (χ0n) is 17.8. The highest BCUT2D eigenvalue weighted by molar-refractivity contribution is 5.85. The molecule has 1 saturated heterocycles. The zero-order valence-corrected chi connectivity index (χ0v) is 17.8. The van der Waals surface area contributed by atoms with Crippen molar-refractivity contribution in [3.8, 4) is 0 Å². The second-order valence-corrected chi connectivity index (χ2v) is 7.14. The minimum absolute atomic E-state index is 0.00734. The monoisotopic (exact) mass is 455 g/mol. The lowest BCUT2D eigenvalue weighted by atomic mass is 9.97. The molecule has 12 heteroatoms. The number of hydrogen-bond donors (Lipinski definition) is 6. The molecule has 1 aromatic rings. The van der Waals surface area contributed by atoms with Crippen LogP contribution in [0.1, 0.15) is 12.5 Å². The summed E-state index contributed by atoms with van der Waals surface area (Å²) in [6, 6.07) is 6.57.